The molecule has 1 aliphatic carbocycles. The first-order valence-corrected chi connectivity index (χ1v) is 19.4. The van der Waals surface area contributed by atoms with Gasteiger partial charge in [-0.25, -0.2) is 0 Å². The molecule has 0 aromatic heterocycles. The maximum absolute atomic E-state index is 2.55. The number of rotatable bonds is 3. The largest absolute Gasteiger partial charge is 0.0622 e. The lowest BCUT2D eigenvalue weighted by molar-refractivity contribution is 0.661. The first-order valence-electron chi connectivity index (χ1n) is 19.4. The predicted octanol–water partition coefficient (Wildman–Crippen LogP) is 15.4. The van der Waals surface area contributed by atoms with Gasteiger partial charge in [0.05, 0.1) is 0 Å². The Bertz CT molecular complexity index is 3360. The van der Waals surface area contributed by atoms with Gasteiger partial charge in [-0.3, -0.25) is 0 Å². The van der Waals surface area contributed by atoms with Crippen molar-refractivity contribution in [2.45, 2.75) is 19.3 Å². The Morgan fingerprint density at radius 2 is 0.855 bits per heavy atom. The lowest BCUT2D eigenvalue weighted by Crippen LogP contribution is -2.15. The Morgan fingerprint density at radius 3 is 1.62 bits per heavy atom. The fraction of sp³-hybridized carbons (Fsp3) is 0.0545. The van der Waals surface area contributed by atoms with Gasteiger partial charge in [-0.05, 0) is 132 Å². The second-order valence-corrected chi connectivity index (χ2v) is 16.0. The molecule has 0 nitrogen and oxygen atoms in total. The summed E-state index contributed by atoms with van der Waals surface area (Å²) in [5.74, 6) is 0. The van der Waals surface area contributed by atoms with E-state index in [9.17, 15) is 0 Å². The molecule has 0 heteroatoms. The van der Waals surface area contributed by atoms with E-state index in [1.807, 2.05) is 0 Å². The molecule has 0 heterocycles. The van der Waals surface area contributed by atoms with Crippen LogP contribution in [0.25, 0.3) is 109 Å². The van der Waals surface area contributed by atoms with Crippen molar-refractivity contribution in [3.63, 3.8) is 0 Å². The highest BCUT2D eigenvalue weighted by molar-refractivity contribution is 6.30. The Labute approximate surface area is 320 Å². The van der Waals surface area contributed by atoms with Crippen LogP contribution in [-0.4, -0.2) is 0 Å². The summed E-state index contributed by atoms with van der Waals surface area (Å²) >= 11 is 0. The highest BCUT2D eigenvalue weighted by Crippen LogP contribution is 2.55. The molecule has 256 valence electrons. The Balaban J connectivity index is 1.26. The van der Waals surface area contributed by atoms with Crippen molar-refractivity contribution in [1.82, 2.24) is 0 Å². The second kappa shape index (κ2) is 11.1. The number of hydrogen-bond acceptors (Lipinski definition) is 0. The van der Waals surface area contributed by atoms with Crippen LogP contribution in [0, 0.1) is 0 Å². The molecule has 0 fully saturated rings. The summed E-state index contributed by atoms with van der Waals surface area (Å²) in [5.41, 5.74) is 13.0. The molecule has 0 saturated carbocycles. The van der Waals surface area contributed by atoms with Crippen molar-refractivity contribution in [1.29, 1.82) is 0 Å². The van der Waals surface area contributed by atoms with Crippen LogP contribution in [0.1, 0.15) is 25.0 Å². The van der Waals surface area contributed by atoms with E-state index in [0.717, 1.165) is 0 Å². The van der Waals surface area contributed by atoms with Gasteiger partial charge in [0.25, 0.3) is 0 Å². The van der Waals surface area contributed by atoms with Crippen LogP contribution in [0.4, 0.5) is 0 Å². The van der Waals surface area contributed by atoms with E-state index in [0.29, 0.717) is 0 Å². The molecule has 0 amide bonds. The number of hydrogen-bond donors (Lipinski definition) is 0. The van der Waals surface area contributed by atoms with Crippen LogP contribution in [-0.2, 0) is 5.41 Å². The molecule has 12 rings (SSSR count). The molecule has 0 radical (unpaired) electrons. The summed E-state index contributed by atoms with van der Waals surface area (Å²) in [5, 5.41) is 15.6. The molecule has 0 saturated heterocycles. The predicted molar refractivity (Wildman–Crippen MR) is 237 cm³/mol. The summed E-state index contributed by atoms with van der Waals surface area (Å²) < 4.78 is 0. The van der Waals surface area contributed by atoms with Crippen LogP contribution < -0.4 is 0 Å². The zero-order valence-electron chi connectivity index (χ0n) is 30.8. The van der Waals surface area contributed by atoms with Gasteiger partial charge in [0, 0.05) is 5.41 Å². The van der Waals surface area contributed by atoms with E-state index in [-0.39, 0.29) is 5.41 Å². The van der Waals surface area contributed by atoms with Gasteiger partial charge in [0.2, 0.25) is 0 Å². The van der Waals surface area contributed by atoms with E-state index in [4.69, 9.17) is 0 Å². The zero-order valence-corrected chi connectivity index (χ0v) is 30.8. The summed E-state index contributed by atoms with van der Waals surface area (Å²) in [6.45, 7) is 4.80. The SMILES string of the molecule is CC1(C)c2ccccc2-c2c1cc(-c1c3ccccc3c(-c3ccc4ccc5cccc6ccc3c4c56)c3ccc(-c4ccccc4)cc13)c1ccccc21. The van der Waals surface area contributed by atoms with E-state index >= 15 is 0 Å². The maximum atomic E-state index is 2.55. The van der Waals surface area contributed by atoms with E-state index < -0.39 is 0 Å². The maximum Gasteiger partial charge on any atom is 0.0159 e. The number of benzene rings is 11. The van der Waals surface area contributed by atoms with Crippen molar-refractivity contribution in [2.75, 3.05) is 0 Å². The molecule has 55 heavy (non-hydrogen) atoms. The van der Waals surface area contributed by atoms with E-state index in [2.05, 4.69) is 196 Å². The lowest BCUT2D eigenvalue weighted by Gasteiger charge is -2.25. The van der Waals surface area contributed by atoms with Crippen LogP contribution in [0.2, 0.25) is 0 Å². The molecular formula is C55H36. The summed E-state index contributed by atoms with van der Waals surface area (Å²) in [6, 6.07) is 68.5. The summed E-state index contributed by atoms with van der Waals surface area (Å²) in [6.07, 6.45) is 0. The molecular weight excluding hydrogens is 661 g/mol. The Morgan fingerprint density at radius 1 is 0.291 bits per heavy atom. The fourth-order valence-corrected chi connectivity index (χ4v) is 10.3. The van der Waals surface area contributed by atoms with Crippen LogP contribution in [0.3, 0.4) is 0 Å². The third-order valence-corrected chi connectivity index (χ3v) is 12.8. The average Bonchev–Trinajstić information content (AvgIpc) is 3.47. The van der Waals surface area contributed by atoms with Gasteiger partial charge in [-0.1, -0.05) is 184 Å². The van der Waals surface area contributed by atoms with Crippen molar-refractivity contribution in [3.05, 3.63) is 193 Å². The van der Waals surface area contributed by atoms with Crippen LogP contribution >= 0.6 is 0 Å². The quantitative estimate of drug-likeness (QED) is 0.127. The van der Waals surface area contributed by atoms with Crippen LogP contribution in [0.15, 0.2) is 182 Å². The topological polar surface area (TPSA) is 0 Å². The molecule has 11 aromatic rings. The Kier molecular flexibility index (Phi) is 6.21. The standard InChI is InChI=1S/C55H36/c1-55(2)48-22-11-10-21-45(48)54-39-18-7-6-17-38(39)47(32-49(54)55)53-41-20-9-8-19-40(41)52(44-30-27-37(31-46(44)53)33-13-4-3-5-14-33)43-29-26-36-24-23-34-15-12-16-35-25-28-42(43)51(36)50(34)35/h3-32H,1-2H3. The monoisotopic (exact) mass is 696 g/mol. The molecule has 0 atom stereocenters. The summed E-state index contributed by atoms with van der Waals surface area (Å²) in [4.78, 5) is 0. The first kappa shape index (κ1) is 30.7. The second-order valence-electron chi connectivity index (χ2n) is 16.0. The molecule has 1 aliphatic rings. The zero-order chi connectivity index (χ0) is 36.4. The first-order chi connectivity index (χ1) is 27.1. The van der Waals surface area contributed by atoms with Gasteiger partial charge in [0.1, 0.15) is 0 Å². The third kappa shape index (κ3) is 4.17. The molecule has 0 bridgehead atoms. The molecule has 0 aliphatic heterocycles. The van der Waals surface area contributed by atoms with E-state index in [1.165, 1.54) is 120 Å². The molecule has 0 unspecified atom stereocenters. The summed E-state index contributed by atoms with van der Waals surface area (Å²) in [7, 11) is 0. The lowest BCUT2D eigenvalue weighted by atomic mass is 9.78. The minimum absolute atomic E-state index is 0.132. The van der Waals surface area contributed by atoms with Crippen molar-refractivity contribution < 1.29 is 0 Å². The van der Waals surface area contributed by atoms with Gasteiger partial charge in [-0.15, -0.1) is 0 Å². The molecule has 0 spiro atoms. The number of fused-ring (bicyclic) bond motifs is 7. The van der Waals surface area contributed by atoms with Crippen LogP contribution in [0.5, 0.6) is 0 Å². The minimum Gasteiger partial charge on any atom is -0.0622 e. The fourth-order valence-electron chi connectivity index (χ4n) is 10.3. The molecule has 11 aromatic carbocycles. The van der Waals surface area contributed by atoms with Crippen molar-refractivity contribution in [2.24, 2.45) is 0 Å². The van der Waals surface area contributed by atoms with Gasteiger partial charge < -0.3 is 0 Å². The smallest absolute Gasteiger partial charge is 0.0159 e. The van der Waals surface area contributed by atoms with Gasteiger partial charge >= 0.3 is 0 Å². The normalized spacial score (nSPS) is 13.4. The van der Waals surface area contributed by atoms with Crippen molar-refractivity contribution in [3.8, 4) is 44.5 Å². The third-order valence-electron chi connectivity index (χ3n) is 12.8. The van der Waals surface area contributed by atoms with E-state index in [1.54, 1.807) is 0 Å². The highest BCUT2D eigenvalue weighted by Gasteiger charge is 2.37. The molecule has 0 N–H and O–H groups in total. The van der Waals surface area contributed by atoms with Crippen molar-refractivity contribution >= 4 is 64.6 Å². The van der Waals surface area contributed by atoms with Gasteiger partial charge in [0.15, 0.2) is 0 Å². The average molecular weight is 697 g/mol. The highest BCUT2D eigenvalue weighted by atomic mass is 14.4. The van der Waals surface area contributed by atoms with Gasteiger partial charge in [-0.2, -0.15) is 0 Å². The minimum atomic E-state index is -0.132. The Hall–Kier alpha value is -6.76.